The van der Waals surface area contributed by atoms with Gasteiger partial charge in [0.1, 0.15) is 11.6 Å². The molecule has 3 nitrogen and oxygen atoms in total. The third kappa shape index (κ3) is 2.28. The molecule has 2 atom stereocenters. The van der Waals surface area contributed by atoms with E-state index < -0.39 is 11.6 Å². The van der Waals surface area contributed by atoms with Crippen LogP contribution in [0.5, 0.6) is 5.75 Å². The molecule has 0 bridgehead atoms. The SMILES string of the molecule is COc1ccc(C(N)C2(C)CCCO2)c(F)c1. The fourth-order valence-corrected chi connectivity index (χ4v) is 2.26. The van der Waals surface area contributed by atoms with Crippen LogP contribution in [-0.2, 0) is 4.74 Å². The highest BCUT2D eigenvalue weighted by Gasteiger charge is 2.38. The van der Waals surface area contributed by atoms with Crippen LogP contribution in [0.15, 0.2) is 18.2 Å². The second-order valence-electron chi connectivity index (χ2n) is 4.63. The predicted octanol–water partition coefficient (Wildman–Crippen LogP) is 2.40. The van der Waals surface area contributed by atoms with Crippen LogP contribution >= 0.6 is 0 Å². The molecule has 0 aromatic heterocycles. The van der Waals surface area contributed by atoms with Gasteiger partial charge in [-0.3, -0.25) is 0 Å². The van der Waals surface area contributed by atoms with E-state index in [0.29, 0.717) is 17.9 Å². The van der Waals surface area contributed by atoms with Crippen LogP contribution in [0.25, 0.3) is 0 Å². The first kappa shape index (κ1) is 12.3. The summed E-state index contributed by atoms with van der Waals surface area (Å²) in [4.78, 5) is 0. The van der Waals surface area contributed by atoms with E-state index >= 15 is 0 Å². The number of nitrogens with two attached hydrogens (primary N) is 1. The Kier molecular flexibility index (Phi) is 3.35. The molecule has 94 valence electrons. The topological polar surface area (TPSA) is 44.5 Å². The van der Waals surface area contributed by atoms with Crippen molar-refractivity contribution >= 4 is 0 Å². The minimum Gasteiger partial charge on any atom is -0.497 e. The van der Waals surface area contributed by atoms with E-state index in [9.17, 15) is 4.39 Å². The fourth-order valence-electron chi connectivity index (χ4n) is 2.26. The Labute approximate surface area is 101 Å². The summed E-state index contributed by atoms with van der Waals surface area (Å²) in [5.74, 6) is 0.157. The Hall–Kier alpha value is -1.13. The fraction of sp³-hybridized carbons (Fsp3) is 0.538. The molecule has 1 saturated heterocycles. The Morgan fingerprint density at radius 1 is 1.53 bits per heavy atom. The average molecular weight is 239 g/mol. The third-order valence-electron chi connectivity index (χ3n) is 3.45. The van der Waals surface area contributed by atoms with Gasteiger partial charge in [-0.25, -0.2) is 4.39 Å². The molecule has 0 aliphatic carbocycles. The summed E-state index contributed by atoms with van der Waals surface area (Å²) in [5.41, 5.74) is 6.14. The summed E-state index contributed by atoms with van der Waals surface area (Å²) >= 11 is 0. The zero-order chi connectivity index (χ0) is 12.5. The Morgan fingerprint density at radius 3 is 2.82 bits per heavy atom. The molecule has 0 spiro atoms. The van der Waals surface area contributed by atoms with Gasteiger partial charge in [0.05, 0.1) is 18.8 Å². The number of methoxy groups -OCH3 is 1. The van der Waals surface area contributed by atoms with Crippen LogP contribution < -0.4 is 10.5 Å². The summed E-state index contributed by atoms with van der Waals surface area (Å²) in [7, 11) is 1.51. The van der Waals surface area contributed by atoms with Gasteiger partial charge < -0.3 is 15.2 Å². The van der Waals surface area contributed by atoms with E-state index in [2.05, 4.69) is 0 Å². The van der Waals surface area contributed by atoms with Crippen LogP contribution in [-0.4, -0.2) is 19.3 Å². The van der Waals surface area contributed by atoms with Crippen LogP contribution in [0.4, 0.5) is 4.39 Å². The quantitative estimate of drug-likeness (QED) is 0.881. The maximum absolute atomic E-state index is 13.9. The largest absolute Gasteiger partial charge is 0.497 e. The Bertz CT molecular complexity index is 402. The van der Waals surface area contributed by atoms with E-state index in [1.54, 1.807) is 12.1 Å². The highest BCUT2D eigenvalue weighted by Crippen LogP contribution is 2.37. The Morgan fingerprint density at radius 2 is 2.29 bits per heavy atom. The number of hydrogen-bond donors (Lipinski definition) is 1. The van der Waals surface area contributed by atoms with E-state index in [-0.39, 0.29) is 5.82 Å². The van der Waals surface area contributed by atoms with Crippen molar-refractivity contribution in [3.63, 3.8) is 0 Å². The molecular weight excluding hydrogens is 221 g/mol. The molecule has 1 aliphatic heterocycles. The molecule has 4 heteroatoms. The monoisotopic (exact) mass is 239 g/mol. The number of halogens is 1. The van der Waals surface area contributed by atoms with Crippen molar-refractivity contribution in [1.82, 2.24) is 0 Å². The van der Waals surface area contributed by atoms with Crippen LogP contribution in [0.1, 0.15) is 31.4 Å². The van der Waals surface area contributed by atoms with Gasteiger partial charge >= 0.3 is 0 Å². The van der Waals surface area contributed by atoms with Crippen LogP contribution in [0.2, 0.25) is 0 Å². The van der Waals surface area contributed by atoms with Crippen LogP contribution in [0.3, 0.4) is 0 Å². The van der Waals surface area contributed by atoms with Gasteiger partial charge in [-0.05, 0) is 25.8 Å². The molecule has 0 radical (unpaired) electrons. The van der Waals surface area contributed by atoms with Crippen molar-refractivity contribution in [3.05, 3.63) is 29.6 Å². The summed E-state index contributed by atoms with van der Waals surface area (Å²) in [5, 5.41) is 0. The first-order chi connectivity index (χ1) is 8.07. The average Bonchev–Trinajstić information content (AvgIpc) is 2.76. The standard InChI is InChI=1S/C13H18FNO2/c1-13(6-3-7-17-13)12(15)10-5-4-9(16-2)8-11(10)14/h4-5,8,12H,3,6-7,15H2,1-2H3. The lowest BCUT2D eigenvalue weighted by Gasteiger charge is -2.30. The number of ether oxygens (including phenoxy) is 2. The van der Waals surface area contributed by atoms with Crippen molar-refractivity contribution in [2.75, 3.05) is 13.7 Å². The van der Waals surface area contributed by atoms with Crippen molar-refractivity contribution < 1.29 is 13.9 Å². The molecule has 0 saturated carbocycles. The molecule has 2 unspecified atom stereocenters. The summed E-state index contributed by atoms with van der Waals surface area (Å²) < 4.78 is 24.5. The van der Waals surface area contributed by atoms with E-state index in [1.165, 1.54) is 13.2 Å². The second kappa shape index (κ2) is 4.63. The summed E-state index contributed by atoms with van der Waals surface area (Å²) in [6.07, 6.45) is 1.83. The maximum Gasteiger partial charge on any atom is 0.131 e. The lowest BCUT2D eigenvalue weighted by molar-refractivity contribution is -0.00258. The molecule has 1 fully saturated rings. The first-order valence-electron chi connectivity index (χ1n) is 5.80. The molecule has 0 amide bonds. The molecule has 1 heterocycles. The normalized spacial score (nSPS) is 25.9. The van der Waals surface area contributed by atoms with Gasteiger partial charge in [0, 0.05) is 18.2 Å². The summed E-state index contributed by atoms with van der Waals surface area (Å²) in [6.45, 7) is 2.64. The highest BCUT2D eigenvalue weighted by molar-refractivity contribution is 5.32. The van der Waals surface area contributed by atoms with Crippen molar-refractivity contribution in [1.29, 1.82) is 0 Å². The molecule has 1 aromatic rings. The first-order valence-corrected chi connectivity index (χ1v) is 5.80. The molecule has 1 aliphatic rings. The molecule has 2 N–H and O–H groups in total. The van der Waals surface area contributed by atoms with E-state index in [0.717, 1.165) is 12.8 Å². The van der Waals surface area contributed by atoms with Gasteiger partial charge in [0.25, 0.3) is 0 Å². The lowest BCUT2D eigenvalue weighted by Crippen LogP contribution is -2.38. The molecular formula is C13H18FNO2. The van der Waals surface area contributed by atoms with Gasteiger partial charge in [-0.1, -0.05) is 6.07 Å². The van der Waals surface area contributed by atoms with E-state index in [1.807, 2.05) is 6.92 Å². The van der Waals surface area contributed by atoms with Gasteiger partial charge in [-0.15, -0.1) is 0 Å². The highest BCUT2D eigenvalue weighted by atomic mass is 19.1. The smallest absolute Gasteiger partial charge is 0.131 e. The zero-order valence-electron chi connectivity index (χ0n) is 10.2. The predicted molar refractivity (Wildman–Crippen MR) is 63.5 cm³/mol. The lowest BCUT2D eigenvalue weighted by atomic mass is 9.88. The molecule has 2 rings (SSSR count). The second-order valence-corrected chi connectivity index (χ2v) is 4.63. The van der Waals surface area contributed by atoms with Gasteiger partial charge in [0.15, 0.2) is 0 Å². The van der Waals surface area contributed by atoms with Gasteiger partial charge in [-0.2, -0.15) is 0 Å². The number of benzene rings is 1. The minimum atomic E-state index is -0.463. The zero-order valence-corrected chi connectivity index (χ0v) is 10.2. The Balaban J connectivity index is 2.27. The van der Waals surface area contributed by atoms with Gasteiger partial charge in [0.2, 0.25) is 0 Å². The van der Waals surface area contributed by atoms with Crippen molar-refractivity contribution in [3.8, 4) is 5.75 Å². The van der Waals surface area contributed by atoms with E-state index in [4.69, 9.17) is 15.2 Å². The maximum atomic E-state index is 13.9. The minimum absolute atomic E-state index is 0.339. The molecule has 1 aromatic carbocycles. The number of hydrogen-bond acceptors (Lipinski definition) is 3. The third-order valence-corrected chi connectivity index (χ3v) is 3.45. The van der Waals surface area contributed by atoms with Crippen molar-refractivity contribution in [2.45, 2.75) is 31.4 Å². The number of rotatable bonds is 3. The van der Waals surface area contributed by atoms with Crippen LogP contribution in [0, 0.1) is 5.82 Å². The van der Waals surface area contributed by atoms with Crippen molar-refractivity contribution in [2.24, 2.45) is 5.73 Å². The molecule has 17 heavy (non-hydrogen) atoms. The summed E-state index contributed by atoms with van der Waals surface area (Å²) in [6, 6.07) is 4.30.